The molecule has 0 radical (unpaired) electrons. The molecule has 0 saturated carbocycles. The molecular weight excluding hydrogens is 244 g/mol. The van der Waals surface area contributed by atoms with Crippen molar-refractivity contribution >= 4 is 5.91 Å². The quantitative estimate of drug-likeness (QED) is 0.526. The van der Waals surface area contributed by atoms with Gasteiger partial charge in [-0.2, -0.15) is 0 Å². The van der Waals surface area contributed by atoms with Gasteiger partial charge in [-0.25, -0.2) is 0 Å². The SMILES string of the molecule is CCCC(CN)(CCC)C(=O)NCCOCCOC. The topological polar surface area (TPSA) is 73.6 Å². The zero-order valence-electron chi connectivity index (χ0n) is 12.7. The van der Waals surface area contributed by atoms with Crippen LogP contribution in [0.25, 0.3) is 0 Å². The lowest BCUT2D eigenvalue weighted by Gasteiger charge is -2.30. The Morgan fingerprint density at radius 3 is 2.26 bits per heavy atom. The summed E-state index contributed by atoms with van der Waals surface area (Å²) in [6.45, 7) is 6.74. The smallest absolute Gasteiger partial charge is 0.227 e. The first-order valence-corrected chi connectivity index (χ1v) is 7.22. The Kier molecular flexibility index (Phi) is 10.8. The largest absolute Gasteiger partial charge is 0.382 e. The highest BCUT2D eigenvalue weighted by Crippen LogP contribution is 2.28. The summed E-state index contributed by atoms with van der Waals surface area (Å²) < 4.78 is 10.2. The lowest BCUT2D eigenvalue weighted by Crippen LogP contribution is -2.46. The van der Waals surface area contributed by atoms with Crippen LogP contribution in [0.3, 0.4) is 0 Å². The number of hydrogen-bond acceptors (Lipinski definition) is 4. The zero-order chi connectivity index (χ0) is 14.6. The molecular formula is C14H30N2O3. The maximum atomic E-state index is 12.3. The number of hydrogen-bond donors (Lipinski definition) is 2. The third-order valence-corrected chi connectivity index (χ3v) is 3.29. The minimum Gasteiger partial charge on any atom is -0.382 e. The van der Waals surface area contributed by atoms with E-state index in [1.807, 2.05) is 0 Å². The van der Waals surface area contributed by atoms with E-state index in [9.17, 15) is 4.79 Å². The molecule has 19 heavy (non-hydrogen) atoms. The van der Waals surface area contributed by atoms with E-state index in [2.05, 4.69) is 19.2 Å². The summed E-state index contributed by atoms with van der Waals surface area (Å²) in [7, 11) is 1.64. The summed E-state index contributed by atoms with van der Waals surface area (Å²) in [5.41, 5.74) is 5.44. The Morgan fingerprint density at radius 1 is 1.16 bits per heavy atom. The van der Waals surface area contributed by atoms with Gasteiger partial charge in [-0.1, -0.05) is 26.7 Å². The number of amides is 1. The van der Waals surface area contributed by atoms with Crippen LogP contribution in [0.5, 0.6) is 0 Å². The Bertz CT molecular complexity index is 229. The van der Waals surface area contributed by atoms with Gasteiger partial charge in [0.1, 0.15) is 0 Å². The van der Waals surface area contributed by atoms with Gasteiger partial charge in [0, 0.05) is 20.2 Å². The molecule has 0 aromatic rings. The van der Waals surface area contributed by atoms with Gasteiger partial charge < -0.3 is 20.5 Å². The molecule has 1 amide bonds. The van der Waals surface area contributed by atoms with Crippen molar-refractivity contribution in [1.29, 1.82) is 0 Å². The lowest BCUT2D eigenvalue weighted by molar-refractivity contribution is -0.131. The summed E-state index contributed by atoms with van der Waals surface area (Å²) in [5.74, 6) is 0.0639. The molecule has 0 aromatic carbocycles. The Labute approximate surface area is 117 Å². The highest BCUT2D eigenvalue weighted by atomic mass is 16.5. The van der Waals surface area contributed by atoms with Gasteiger partial charge in [0.25, 0.3) is 0 Å². The van der Waals surface area contributed by atoms with Gasteiger partial charge in [0.15, 0.2) is 0 Å². The minimum absolute atomic E-state index is 0.0639. The first kappa shape index (κ1) is 18.4. The van der Waals surface area contributed by atoms with Crippen molar-refractivity contribution in [1.82, 2.24) is 5.32 Å². The Balaban J connectivity index is 4.10. The molecule has 0 fully saturated rings. The maximum absolute atomic E-state index is 12.3. The number of rotatable bonds is 12. The van der Waals surface area contributed by atoms with Crippen molar-refractivity contribution in [2.24, 2.45) is 11.1 Å². The van der Waals surface area contributed by atoms with Gasteiger partial charge in [-0.3, -0.25) is 4.79 Å². The number of nitrogens with two attached hydrogens (primary N) is 1. The van der Waals surface area contributed by atoms with Crippen molar-refractivity contribution < 1.29 is 14.3 Å². The highest BCUT2D eigenvalue weighted by molar-refractivity contribution is 5.82. The molecule has 0 aliphatic rings. The molecule has 0 bridgehead atoms. The van der Waals surface area contributed by atoms with Crippen LogP contribution in [0.4, 0.5) is 0 Å². The summed E-state index contributed by atoms with van der Waals surface area (Å²) in [6.07, 6.45) is 3.62. The van der Waals surface area contributed by atoms with Gasteiger partial charge in [-0.05, 0) is 12.8 Å². The zero-order valence-corrected chi connectivity index (χ0v) is 12.7. The van der Waals surface area contributed by atoms with Gasteiger partial charge >= 0.3 is 0 Å². The molecule has 0 aliphatic heterocycles. The molecule has 0 saturated heterocycles. The highest BCUT2D eigenvalue weighted by Gasteiger charge is 2.34. The molecule has 0 heterocycles. The maximum Gasteiger partial charge on any atom is 0.227 e. The van der Waals surface area contributed by atoms with E-state index in [1.165, 1.54) is 0 Å². The fraction of sp³-hybridized carbons (Fsp3) is 0.929. The molecule has 5 nitrogen and oxygen atoms in total. The number of carbonyl (C=O) groups excluding carboxylic acids is 1. The van der Waals surface area contributed by atoms with Crippen LogP contribution < -0.4 is 11.1 Å². The van der Waals surface area contributed by atoms with Gasteiger partial charge in [-0.15, -0.1) is 0 Å². The molecule has 5 heteroatoms. The van der Waals surface area contributed by atoms with Crippen LogP contribution in [0.2, 0.25) is 0 Å². The van der Waals surface area contributed by atoms with Crippen molar-refractivity contribution in [3.63, 3.8) is 0 Å². The molecule has 0 unspecified atom stereocenters. The van der Waals surface area contributed by atoms with Crippen LogP contribution in [0, 0.1) is 5.41 Å². The van der Waals surface area contributed by atoms with E-state index >= 15 is 0 Å². The average molecular weight is 274 g/mol. The van der Waals surface area contributed by atoms with Crippen molar-refractivity contribution in [2.75, 3.05) is 40.0 Å². The van der Waals surface area contributed by atoms with Crippen LogP contribution in [-0.2, 0) is 14.3 Å². The van der Waals surface area contributed by atoms with Crippen molar-refractivity contribution in [3.05, 3.63) is 0 Å². The predicted octanol–water partition coefficient (Wildman–Crippen LogP) is 1.31. The molecule has 3 N–H and O–H groups in total. The third-order valence-electron chi connectivity index (χ3n) is 3.29. The fourth-order valence-corrected chi connectivity index (χ4v) is 2.27. The second-order valence-electron chi connectivity index (χ2n) is 4.85. The van der Waals surface area contributed by atoms with Crippen LogP contribution >= 0.6 is 0 Å². The minimum atomic E-state index is -0.407. The molecule has 114 valence electrons. The monoisotopic (exact) mass is 274 g/mol. The van der Waals surface area contributed by atoms with E-state index in [4.69, 9.17) is 15.2 Å². The Hall–Kier alpha value is -0.650. The van der Waals surface area contributed by atoms with E-state index in [1.54, 1.807) is 7.11 Å². The van der Waals surface area contributed by atoms with Crippen molar-refractivity contribution in [2.45, 2.75) is 39.5 Å². The molecule has 0 aromatic heterocycles. The molecule has 0 atom stereocenters. The second kappa shape index (κ2) is 11.2. The number of carbonyl (C=O) groups is 1. The molecule has 0 aliphatic carbocycles. The van der Waals surface area contributed by atoms with Gasteiger partial charge in [0.05, 0.1) is 25.2 Å². The summed E-state index contributed by atoms with van der Waals surface area (Å²) in [4.78, 5) is 12.3. The first-order valence-electron chi connectivity index (χ1n) is 7.22. The number of methoxy groups -OCH3 is 1. The lowest BCUT2D eigenvalue weighted by atomic mass is 9.78. The number of ether oxygens (including phenoxy) is 2. The summed E-state index contributed by atoms with van der Waals surface area (Å²) in [6, 6.07) is 0. The standard InChI is InChI=1S/C14H30N2O3/c1-4-6-14(12-15,7-5-2)13(17)16-8-9-19-11-10-18-3/h4-12,15H2,1-3H3,(H,16,17). The van der Waals surface area contributed by atoms with Crippen molar-refractivity contribution in [3.8, 4) is 0 Å². The van der Waals surface area contributed by atoms with E-state index in [0.717, 1.165) is 25.7 Å². The summed E-state index contributed by atoms with van der Waals surface area (Å²) in [5, 5.41) is 2.94. The van der Waals surface area contributed by atoms with E-state index in [-0.39, 0.29) is 5.91 Å². The third kappa shape index (κ3) is 6.89. The van der Waals surface area contributed by atoms with Gasteiger partial charge in [0.2, 0.25) is 5.91 Å². The average Bonchev–Trinajstić information content (AvgIpc) is 2.42. The summed E-state index contributed by atoms with van der Waals surface area (Å²) >= 11 is 0. The van der Waals surface area contributed by atoms with Crippen LogP contribution in [0.15, 0.2) is 0 Å². The first-order chi connectivity index (χ1) is 9.16. The second-order valence-corrected chi connectivity index (χ2v) is 4.85. The van der Waals surface area contributed by atoms with E-state index < -0.39 is 5.41 Å². The van der Waals surface area contributed by atoms with Crippen LogP contribution in [0.1, 0.15) is 39.5 Å². The number of nitrogens with one attached hydrogen (secondary N) is 1. The molecule has 0 spiro atoms. The van der Waals surface area contributed by atoms with Crippen LogP contribution in [-0.4, -0.2) is 45.9 Å². The predicted molar refractivity (Wildman–Crippen MR) is 77.0 cm³/mol. The fourth-order valence-electron chi connectivity index (χ4n) is 2.27. The van der Waals surface area contributed by atoms with E-state index in [0.29, 0.717) is 32.9 Å². The Morgan fingerprint density at radius 2 is 1.79 bits per heavy atom. The molecule has 0 rings (SSSR count). The normalized spacial score (nSPS) is 11.6.